The first kappa shape index (κ1) is 28.4. The zero-order valence-corrected chi connectivity index (χ0v) is 22.0. The van der Waals surface area contributed by atoms with Gasteiger partial charge < -0.3 is 30.0 Å². The lowest BCUT2D eigenvalue weighted by Crippen LogP contribution is -1.66. The van der Waals surface area contributed by atoms with Crippen molar-refractivity contribution >= 4 is 75.6 Å². The quantitative estimate of drug-likeness (QED) is 0.139. The Labute approximate surface area is 209 Å². The third-order valence-electron chi connectivity index (χ3n) is 2.48. The van der Waals surface area contributed by atoms with Gasteiger partial charge in [-0.2, -0.15) is 0 Å². The molecule has 0 fully saturated rings. The van der Waals surface area contributed by atoms with E-state index in [1.807, 2.05) is 36.4 Å². The number of benzene rings is 3. The van der Waals surface area contributed by atoms with Gasteiger partial charge in [-0.15, -0.1) is 0 Å². The first-order chi connectivity index (χ1) is 13.4. The topological polar surface area (TPSA) is 138 Å². The molecule has 3 aromatic carbocycles. The molecule has 11 heteroatoms. The van der Waals surface area contributed by atoms with Crippen LogP contribution in [0.3, 0.4) is 0 Å². The van der Waals surface area contributed by atoms with Crippen LogP contribution in [0.4, 0.5) is 0 Å². The van der Waals surface area contributed by atoms with Crippen molar-refractivity contribution in [2.24, 2.45) is 0 Å². The first-order valence-electron chi connectivity index (χ1n) is 7.48. The van der Waals surface area contributed by atoms with Crippen molar-refractivity contribution in [3.8, 4) is 17.2 Å². The molecule has 0 bridgehead atoms. The maximum absolute atomic E-state index is 8.88. The van der Waals surface area contributed by atoms with Crippen molar-refractivity contribution in [3.63, 3.8) is 0 Å². The van der Waals surface area contributed by atoms with E-state index in [-0.39, 0.29) is 0 Å². The van der Waals surface area contributed by atoms with Gasteiger partial charge in [-0.25, -0.2) is 4.57 Å². The highest BCUT2D eigenvalue weighted by atomic mass is 127. The van der Waals surface area contributed by atoms with E-state index in [0.29, 0.717) is 17.2 Å². The Bertz CT molecular complexity index is 693. The zero-order chi connectivity index (χ0) is 22.4. The van der Waals surface area contributed by atoms with E-state index in [0.717, 1.165) is 10.7 Å². The van der Waals surface area contributed by atoms with Gasteiger partial charge in [0.25, 0.3) is 0 Å². The number of phenolic OH excluding ortho intramolecular Hbond substituents is 3. The third kappa shape index (κ3) is 20.4. The van der Waals surface area contributed by atoms with E-state index >= 15 is 0 Å². The SMILES string of the molecule is O=P(O)(O)O.Oc1ccc(I)cc1.Oc1ccc(I)cc1.Oc1ccc(I)cc1. The number of hydrogen-bond acceptors (Lipinski definition) is 4. The minimum absolute atomic E-state index is 0.324. The second-order valence-electron chi connectivity index (χ2n) is 4.94. The molecule has 6 N–H and O–H groups in total. The Kier molecular flexibility index (Phi) is 14.9. The largest absolute Gasteiger partial charge is 0.508 e. The number of phosphoric acid groups is 1. The molecule has 0 aromatic heterocycles. The highest BCUT2D eigenvalue weighted by molar-refractivity contribution is 14.1. The van der Waals surface area contributed by atoms with Crippen LogP contribution >= 0.6 is 75.6 Å². The van der Waals surface area contributed by atoms with E-state index in [1.165, 1.54) is 0 Å². The summed E-state index contributed by atoms with van der Waals surface area (Å²) in [7, 11) is -4.64. The standard InChI is InChI=1S/3C6H5IO.H3O4P/c3*7-5-1-3-6(8)4-2-5;1-5(2,3)4/h3*1-4,8H;(H3,1,2,3,4). The molecule has 29 heavy (non-hydrogen) atoms. The molecule has 3 rings (SSSR count). The molecule has 158 valence electrons. The van der Waals surface area contributed by atoms with Gasteiger partial charge in [-0.05, 0) is 141 Å². The zero-order valence-electron chi connectivity index (χ0n) is 14.6. The molecule has 0 unspecified atom stereocenters. The summed E-state index contributed by atoms with van der Waals surface area (Å²) in [5.41, 5.74) is 0. The van der Waals surface area contributed by atoms with Crippen molar-refractivity contribution in [3.05, 3.63) is 83.5 Å². The minimum atomic E-state index is -4.64. The molecule has 0 aliphatic rings. The third-order valence-corrected chi connectivity index (χ3v) is 4.64. The fourth-order valence-corrected chi connectivity index (χ4v) is 2.40. The van der Waals surface area contributed by atoms with Gasteiger partial charge in [0, 0.05) is 10.7 Å². The lowest BCUT2D eigenvalue weighted by molar-refractivity contribution is 0.275. The molecule has 0 saturated carbocycles. The summed E-state index contributed by atoms with van der Waals surface area (Å²) in [6, 6.07) is 21.2. The maximum Gasteiger partial charge on any atom is 0.466 e. The van der Waals surface area contributed by atoms with Crippen LogP contribution in [0.5, 0.6) is 17.2 Å². The van der Waals surface area contributed by atoms with Crippen LogP contribution in [0.25, 0.3) is 0 Å². The molecule has 0 amide bonds. The normalized spacial score (nSPS) is 9.59. The number of aromatic hydroxyl groups is 3. The summed E-state index contributed by atoms with van der Waals surface area (Å²) in [5.74, 6) is 0.973. The summed E-state index contributed by atoms with van der Waals surface area (Å²) in [4.78, 5) is 21.6. The summed E-state index contributed by atoms with van der Waals surface area (Å²) in [6.07, 6.45) is 0. The summed E-state index contributed by atoms with van der Waals surface area (Å²) >= 11 is 6.56. The molecule has 0 atom stereocenters. The van der Waals surface area contributed by atoms with E-state index < -0.39 is 7.82 Å². The highest BCUT2D eigenvalue weighted by Crippen LogP contribution is 2.25. The lowest BCUT2D eigenvalue weighted by atomic mass is 10.3. The lowest BCUT2D eigenvalue weighted by Gasteiger charge is -1.87. The number of phenols is 3. The Morgan fingerprint density at radius 2 is 0.621 bits per heavy atom. The van der Waals surface area contributed by atoms with Crippen molar-refractivity contribution in [2.45, 2.75) is 0 Å². The fraction of sp³-hybridized carbons (Fsp3) is 0. The van der Waals surface area contributed by atoms with E-state index in [4.69, 9.17) is 34.6 Å². The molecule has 0 saturated heterocycles. The van der Waals surface area contributed by atoms with Crippen LogP contribution in [-0.2, 0) is 4.57 Å². The molecule has 3 aromatic rings. The van der Waals surface area contributed by atoms with Crippen molar-refractivity contribution in [1.29, 1.82) is 0 Å². The smallest absolute Gasteiger partial charge is 0.466 e. The Balaban J connectivity index is 0.000000367. The fourth-order valence-electron chi connectivity index (χ4n) is 1.32. The van der Waals surface area contributed by atoms with E-state index in [2.05, 4.69) is 67.8 Å². The molecular formula is C18H18I3O7P. The molecule has 0 radical (unpaired) electrons. The first-order valence-corrected chi connectivity index (χ1v) is 12.3. The number of rotatable bonds is 0. The van der Waals surface area contributed by atoms with Crippen LogP contribution in [0.1, 0.15) is 0 Å². The maximum atomic E-state index is 8.88. The molecular weight excluding hydrogens is 740 g/mol. The van der Waals surface area contributed by atoms with Gasteiger partial charge in [-0.1, -0.05) is 0 Å². The Morgan fingerprint density at radius 3 is 0.724 bits per heavy atom. The monoisotopic (exact) mass is 758 g/mol. The summed E-state index contributed by atoms with van der Waals surface area (Å²) in [5, 5.41) is 26.3. The van der Waals surface area contributed by atoms with Crippen LogP contribution < -0.4 is 0 Å². The molecule has 7 nitrogen and oxygen atoms in total. The van der Waals surface area contributed by atoms with Crippen molar-refractivity contribution in [1.82, 2.24) is 0 Å². The summed E-state index contributed by atoms with van der Waals surface area (Å²) in [6.45, 7) is 0. The number of halogens is 3. The van der Waals surface area contributed by atoms with Crippen LogP contribution in [0.15, 0.2) is 72.8 Å². The van der Waals surface area contributed by atoms with Crippen molar-refractivity contribution < 1.29 is 34.6 Å². The molecule has 0 aliphatic heterocycles. The van der Waals surface area contributed by atoms with Crippen molar-refractivity contribution in [2.75, 3.05) is 0 Å². The Morgan fingerprint density at radius 1 is 0.483 bits per heavy atom. The van der Waals surface area contributed by atoms with Crippen LogP contribution in [0.2, 0.25) is 0 Å². The average molecular weight is 758 g/mol. The van der Waals surface area contributed by atoms with Gasteiger partial charge in [0.15, 0.2) is 0 Å². The van der Waals surface area contributed by atoms with Gasteiger partial charge >= 0.3 is 7.82 Å². The minimum Gasteiger partial charge on any atom is -0.508 e. The van der Waals surface area contributed by atoms with Gasteiger partial charge in [-0.3, -0.25) is 0 Å². The average Bonchev–Trinajstić information content (AvgIpc) is 2.62. The van der Waals surface area contributed by atoms with E-state index in [9.17, 15) is 0 Å². The van der Waals surface area contributed by atoms with E-state index in [1.54, 1.807) is 36.4 Å². The molecule has 0 aliphatic carbocycles. The second-order valence-corrected chi connectivity index (χ2v) is 9.71. The summed E-state index contributed by atoms with van der Waals surface area (Å²) < 4.78 is 12.3. The molecule has 0 spiro atoms. The Hall–Kier alpha value is -0.640. The predicted octanol–water partition coefficient (Wildman–Crippen LogP) is 5.06. The van der Waals surface area contributed by atoms with Crippen LogP contribution in [0, 0.1) is 10.7 Å². The number of hydrogen-bond donors (Lipinski definition) is 6. The van der Waals surface area contributed by atoms with Gasteiger partial charge in [0.2, 0.25) is 0 Å². The van der Waals surface area contributed by atoms with Crippen LogP contribution in [-0.4, -0.2) is 30.0 Å². The van der Waals surface area contributed by atoms with Gasteiger partial charge in [0.1, 0.15) is 17.2 Å². The molecule has 0 heterocycles. The second kappa shape index (κ2) is 15.2. The highest BCUT2D eigenvalue weighted by Gasteiger charge is 2.00. The predicted molar refractivity (Wildman–Crippen MR) is 137 cm³/mol. The van der Waals surface area contributed by atoms with Gasteiger partial charge in [0.05, 0.1) is 0 Å².